The Kier molecular flexibility index (Phi) is 5.82. The molecule has 0 aromatic carbocycles. The largest absolute Gasteiger partial charge is 0.373 e. The van der Waals surface area contributed by atoms with Crippen LogP contribution in [0.15, 0.2) is 0 Å². The summed E-state index contributed by atoms with van der Waals surface area (Å²) in [5, 5.41) is 2.71. The number of hydrogen-bond donors (Lipinski definition) is 1. The van der Waals surface area contributed by atoms with Crippen LogP contribution >= 0.6 is 0 Å². The number of rotatable bonds is 1. The molecule has 1 saturated heterocycles. The molecule has 0 aromatic rings. The van der Waals surface area contributed by atoms with E-state index in [1.54, 1.807) is 7.05 Å². The Labute approximate surface area is 89.8 Å². The quantitative estimate of drug-likeness (QED) is 0.660. The van der Waals surface area contributed by atoms with Crippen LogP contribution in [-0.4, -0.2) is 43.1 Å². The summed E-state index contributed by atoms with van der Waals surface area (Å²) in [5.74, 6) is 0.355. The Morgan fingerprint density at radius 2 is 1.87 bits per heavy atom. The molecule has 0 aromatic heterocycles. The second-order valence-corrected chi connectivity index (χ2v) is 3.79. The molecule has 1 fully saturated rings. The first-order chi connectivity index (χ1) is 6.99. The number of likely N-dealkylation sites (tertiary alicyclic amines) is 1. The fourth-order valence-corrected chi connectivity index (χ4v) is 1.93. The van der Waals surface area contributed by atoms with Gasteiger partial charge in [-0.15, -0.1) is 0 Å². The van der Waals surface area contributed by atoms with Crippen molar-refractivity contribution in [3.63, 3.8) is 0 Å². The average Bonchev–Trinajstić information content (AvgIpc) is 2.46. The molecular weight excluding hydrogens is 196 g/mol. The van der Waals surface area contributed by atoms with E-state index >= 15 is 0 Å². The first kappa shape index (κ1) is 13.8. The van der Waals surface area contributed by atoms with Gasteiger partial charge in [0, 0.05) is 19.1 Å². The van der Waals surface area contributed by atoms with Gasteiger partial charge in [-0.05, 0) is 27.3 Å². The van der Waals surface area contributed by atoms with Crippen molar-refractivity contribution in [1.29, 1.82) is 0 Å². The number of amides is 1. The molecule has 3 atom stereocenters. The van der Waals surface area contributed by atoms with Crippen LogP contribution in [0.4, 0.5) is 0 Å². The highest BCUT2D eigenvalue weighted by Gasteiger charge is 2.37. The zero-order chi connectivity index (χ0) is 12.0. The first-order valence-electron chi connectivity index (χ1n) is 4.92. The molecule has 1 heterocycles. The average molecular weight is 214 g/mol. The summed E-state index contributed by atoms with van der Waals surface area (Å²) in [6.07, 6.45) is 1.23. The van der Waals surface area contributed by atoms with Crippen LogP contribution in [-0.2, 0) is 14.4 Å². The molecule has 0 saturated carbocycles. The van der Waals surface area contributed by atoms with E-state index in [1.807, 2.05) is 0 Å². The second-order valence-electron chi connectivity index (χ2n) is 3.79. The number of carbonyl (C=O) groups is 1. The van der Waals surface area contributed by atoms with Crippen molar-refractivity contribution >= 4 is 12.1 Å². The number of hydrogen-bond acceptors (Lipinski definition) is 4. The molecule has 0 radical (unpaired) electrons. The highest BCUT2D eigenvalue weighted by molar-refractivity contribution is 5.79. The molecule has 1 aliphatic rings. The molecule has 86 valence electrons. The van der Waals surface area contributed by atoms with E-state index in [2.05, 4.69) is 31.1 Å². The first-order valence-corrected chi connectivity index (χ1v) is 4.92. The van der Waals surface area contributed by atoms with E-state index in [1.165, 1.54) is 0 Å². The maximum absolute atomic E-state index is 11.4. The minimum absolute atomic E-state index is 0.176. The van der Waals surface area contributed by atoms with Crippen molar-refractivity contribution in [3.05, 3.63) is 0 Å². The molecule has 3 unspecified atom stereocenters. The van der Waals surface area contributed by atoms with Gasteiger partial charge in [-0.25, -0.2) is 0 Å². The Morgan fingerprint density at radius 1 is 1.40 bits per heavy atom. The highest BCUT2D eigenvalue weighted by atomic mass is 16.2. The maximum atomic E-state index is 11.4. The number of nitrogens with zero attached hydrogens (tertiary/aromatic N) is 1. The molecule has 5 heteroatoms. The van der Waals surface area contributed by atoms with E-state index in [0.29, 0.717) is 12.1 Å². The second kappa shape index (κ2) is 6.32. The van der Waals surface area contributed by atoms with Crippen LogP contribution in [0, 0.1) is 5.92 Å². The van der Waals surface area contributed by atoms with Gasteiger partial charge in [-0.2, -0.15) is 9.59 Å². The van der Waals surface area contributed by atoms with Crippen LogP contribution in [0.25, 0.3) is 0 Å². The van der Waals surface area contributed by atoms with E-state index in [-0.39, 0.29) is 18.0 Å². The topological polar surface area (TPSA) is 66.5 Å². The molecule has 0 spiro atoms. The van der Waals surface area contributed by atoms with Crippen molar-refractivity contribution < 1.29 is 14.4 Å². The molecule has 0 aliphatic carbocycles. The summed E-state index contributed by atoms with van der Waals surface area (Å²) < 4.78 is 0. The fraction of sp³-hybridized carbons (Fsp3) is 0.800. The van der Waals surface area contributed by atoms with Crippen LogP contribution in [0.2, 0.25) is 0 Å². The molecule has 5 nitrogen and oxygen atoms in total. The van der Waals surface area contributed by atoms with E-state index < -0.39 is 0 Å². The predicted molar refractivity (Wildman–Crippen MR) is 53.9 cm³/mol. The van der Waals surface area contributed by atoms with Crippen LogP contribution in [0.5, 0.6) is 0 Å². The van der Waals surface area contributed by atoms with Gasteiger partial charge >= 0.3 is 6.15 Å². The minimum atomic E-state index is 0.176. The predicted octanol–water partition coefficient (Wildman–Crippen LogP) is -0.122. The standard InChI is InChI=1S/C9H18N2O.CO2/c1-6-5-8(9(12)10-3)7(2)11(6)4;2-1-3/h6-8H,5H2,1-4H3,(H,10,12);. The van der Waals surface area contributed by atoms with Crippen molar-refractivity contribution in [1.82, 2.24) is 10.2 Å². The summed E-state index contributed by atoms with van der Waals surface area (Å²) in [6, 6.07) is 0.905. The Morgan fingerprint density at radius 3 is 2.13 bits per heavy atom. The van der Waals surface area contributed by atoms with E-state index in [0.717, 1.165) is 6.42 Å². The molecular formula is C10H18N2O3. The lowest BCUT2D eigenvalue weighted by Crippen LogP contribution is -2.36. The Hall–Kier alpha value is -1.19. The summed E-state index contributed by atoms with van der Waals surface area (Å²) in [4.78, 5) is 29.9. The summed E-state index contributed by atoms with van der Waals surface area (Å²) in [6.45, 7) is 4.28. The third kappa shape index (κ3) is 3.46. The maximum Gasteiger partial charge on any atom is 0.373 e. The smallest absolute Gasteiger partial charge is 0.359 e. The van der Waals surface area contributed by atoms with Crippen LogP contribution in [0.1, 0.15) is 20.3 Å². The van der Waals surface area contributed by atoms with Gasteiger partial charge in [0.2, 0.25) is 5.91 Å². The Balaban J connectivity index is 0.000000583. The third-order valence-electron chi connectivity index (χ3n) is 3.10. The monoisotopic (exact) mass is 214 g/mol. The van der Waals surface area contributed by atoms with Gasteiger partial charge in [-0.3, -0.25) is 4.79 Å². The number of nitrogens with one attached hydrogen (secondary N) is 1. The normalized spacial score (nSPS) is 30.0. The van der Waals surface area contributed by atoms with Crippen molar-refractivity contribution in [3.8, 4) is 0 Å². The zero-order valence-electron chi connectivity index (χ0n) is 9.61. The van der Waals surface area contributed by atoms with Gasteiger partial charge in [0.05, 0.1) is 5.92 Å². The lowest BCUT2D eigenvalue weighted by molar-refractivity contribution is -0.191. The van der Waals surface area contributed by atoms with Crippen molar-refractivity contribution in [2.45, 2.75) is 32.4 Å². The zero-order valence-corrected chi connectivity index (χ0v) is 9.61. The van der Waals surface area contributed by atoms with Gasteiger partial charge in [0.25, 0.3) is 0 Å². The van der Waals surface area contributed by atoms with E-state index in [4.69, 9.17) is 9.59 Å². The van der Waals surface area contributed by atoms with Crippen molar-refractivity contribution in [2.75, 3.05) is 14.1 Å². The van der Waals surface area contributed by atoms with Gasteiger partial charge in [-0.1, -0.05) is 0 Å². The molecule has 0 bridgehead atoms. The summed E-state index contributed by atoms with van der Waals surface area (Å²) in [7, 11) is 3.79. The minimum Gasteiger partial charge on any atom is -0.359 e. The van der Waals surface area contributed by atoms with Crippen LogP contribution in [0.3, 0.4) is 0 Å². The van der Waals surface area contributed by atoms with Gasteiger partial charge in [0.1, 0.15) is 0 Å². The summed E-state index contributed by atoms with van der Waals surface area (Å²) >= 11 is 0. The van der Waals surface area contributed by atoms with E-state index in [9.17, 15) is 4.79 Å². The van der Waals surface area contributed by atoms with Crippen molar-refractivity contribution in [2.24, 2.45) is 5.92 Å². The molecule has 1 aliphatic heterocycles. The fourth-order valence-electron chi connectivity index (χ4n) is 1.93. The van der Waals surface area contributed by atoms with Gasteiger partial charge < -0.3 is 10.2 Å². The number of carbonyl (C=O) groups excluding carboxylic acids is 3. The third-order valence-corrected chi connectivity index (χ3v) is 3.10. The SMILES string of the molecule is CNC(=O)C1CC(C)N(C)C1C.O=C=O. The Bertz CT molecular complexity index is 249. The molecule has 1 amide bonds. The molecule has 15 heavy (non-hydrogen) atoms. The lowest BCUT2D eigenvalue weighted by atomic mass is 10.00. The van der Waals surface area contributed by atoms with Crippen LogP contribution < -0.4 is 5.32 Å². The lowest BCUT2D eigenvalue weighted by Gasteiger charge is -2.21. The summed E-state index contributed by atoms with van der Waals surface area (Å²) in [5.41, 5.74) is 0. The molecule has 1 rings (SSSR count). The highest BCUT2D eigenvalue weighted by Crippen LogP contribution is 2.27. The van der Waals surface area contributed by atoms with Gasteiger partial charge in [0.15, 0.2) is 0 Å². The molecule has 1 N–H and O–H groups in total.